The zero-order valence-corrected chi connectivity index (χ0v) is 24.9. The first-order valence-electron chi connectivity index (χ1n) is 15.1. The van der Waals surface area contributed by atoms with E-state index in [1.807, 2.05) is 66.7 Å². The highest BCUT2D eigenvalue weighted by Crippen LogP contribution is 2.28. The molecule has 1 aliphatic heterocycles. The molecule has 228 valence electrons. The molecule has 0 unspecified atom stereocenters. The van der Waals surface area contributed by atoms with Gasteiger partial charge in [-0.3, -0.25) is 19.4 Å². The third-order valence-corrected chi connectivity index (χ3v) is 7.62. The van der Waals surface area contributed by atoms with Gasteiger partial charge in [0, 0.05) is 37.7 Å². The summed E-state index contributed by atoms with van der Waals surface area (Å²) in [5, 5.41) is 20.5. The fourth-order valence-electron chi connectivity index (χ4n) is 5.33. The van der Waals surface area contributed by atoms with Crippen LogP contribution in [0.4, 0.5) is 5.69 Å². The van der Waals surface area contributed by atoms with Crippen LogP contribution >= 0.6 is 0 Å². The monoisotopic (exact) mass is 585 g/mol. The predicted molar refractivity (Wildman–Crippen MR) is 170 cm³/mol. The van der Waals surface area contributed by atoms with E-state index in [9.17, 15) is 19.5 Å². The minimum atomic E-state index is -0.659. The summed E-state index contributed by atoms with van der Waals surface area (Å²) >= 11 is 0. The number of nitrogens with one attached hydrogen (secondary N) is 3. The highest BCUT2D eigenvalue weighted by molar-refractivity contribution is 5.97. The number of para-hydroxylation sites is 1. The predicted octanol–water partition coefficient (Wildman–Crippen LogP) is 3.33. The Morgan fingerprint density at radius 2 is 1.67 bits per heavy atom. The first-order chi connectivity index (χ1) is 20.8. The van der Waals surface area contributed by atoms with Crippen LogP contribution in [0.3, 0.4) is 0 Å². The van der Waals surface area contributed by atoms with Crippen LogP contribution in [0, 0.1) is 5.92 Å². The Morgan fingerprint density at radius 1 is 0.930 bits per heavy atom. The van der Waals surface area contributed by atoms with Crippen LogP contribution < -0.4 is 21.7 Å². The van der Waals surface area contributed by atoms with Crippen molar-refractivity contribution in [1.29, 1.82) is 0 Å². The van der Waals surface area contributed by atoms with E-state index in [2.05, 4.69) is 16.0 Å². The molecule has 0 radical (unpaired) electrons. The molecule has 1 aliphatic rings. The molecule has 3 atom stereocenters. The lowest BCUT2D eigenvalue weighted by molar-refractivity contribution is -0.126. The first kappa shape index (κ1) is 31.8. The molecule has 3 amide bonds. The zero-order chi connectivity index (χ0) is 30.6. The quantitative estimate of drug-likeness (QED) is 0.164. The van der Waals surface area contributed by atoms with Crippen molar-refractivity contribution in [2.24, 2.45) is 16.6 Å². The minimum absolute atomic E-state index is 0.0937. The van der Waals surface area contributed by atoms with Crippen LogP contribution in [-0.4, -0.2) is 60.3 Å². The van der Waals surface area contributed by atoms with Crippen molar-refractivity contribution in [2.75, 3.05) is 19.6 Å². The molecule has 0 saturated carbocycles. The van der Waals surface area contributed by atoms with Gasteiger partial charge in [-0.15, -0.1) is 0 Å². The number of aliphatic imine (C=N–C) groups is 1. The number of benzene rings is 3. The molecule has 0 spiro atoms. The van der Waals surface area contributed by atoms with Crippen molar-refractivity contribution >= 4 is 39.9 Å². The van der Waals surface area contributed by atoms with Gasteiger partial charge in [0.25, 0.3) is 0 Å². The van der Waals surface area contributed by atoms with Crippen molar-refractivity contribution in [3.05, 3.63) is 77.9 Å². The Morgan fingerprint density at radius 3 is 2.44 bits per heavy atom. The summed E-state index contributed by atoms with van der Waals surface area (Å²) in [5.41, 5.74) is 9.49. The van der Waals surface area contributed by atoms with E-state index in [0.29, 0.717) is 25.8 Å². The Labute approximate surface area is 253 Å². The van der Waals surface area contributed by atoms with E-state index in [0.717, 1.165) is 46.1 Å². The van der Waals surface area contributed by atoms with Crippen LogP contribution in [0.1, 0.15) is 50.2 Å². The van der Waals surface area contributed by atoms with E-state index in [1.54, 1.807) is 6.92 Å². The molecule has 1 heterocycles. The Bertz CT molecular complexity index is 1440. The summed E-state index contributed by atoms with van der Waals surface area (Å²) in [7, 11) is 0. The SMILES string of the molecule is C[C@@H](O)CNC(=O)C[C@H](CCCCN)NC(=O)[C@@H](CNC(=O)Cc1ccc2ccccc2c1)CC1=Nc2ccccc2C1. The number of carbonyl (C=O) groups excluding carboxylic acids is 3. The molecule has 3 aromatic carbocycles. The topological polar surface area (TPSA) is 146 Å². The van der Waals surface area contributed by atoms with E-state index < -0.39 is 18.1 Å². The number of unbranched alkanes of at least 4 members (excludes halogenated alkanes) is 1. The van der Waals surface area contributed by atoms with Gasteiger partial charge in [0.15, 0.2) is 0 Å². The van der Waals surface area contributed by atoms with E-state index >= 15 is 0 Å². The Hall–Kier alpha value is -4.08. The average molecular weight is 586 g/mol. The summed E-state index contributed by atoms with van der Waals surface area (Å²) in [4.78, 5) is 44.0. The van der Waals surface area contributed by atoms with Gasteiger partial charge in [0.2, 0.25) is 17.7 Å². The molecule has 9 heteroatoms. The van der Waals surface area contributed by atoms with E-state index in [1.165, 1.54) is 0 Å². The molecular weight excluding hydrogens is 542 g/mol. The van der Waals surface area contributed by atoms with Gasteiger partial charge in [0.1, 0.15) is 0 Å². The molecule has 0 bridgehead atoms. The van der Waals surface area contributed by atoms with Gasteiger partial charge in [-0.2, -0.15) is 0 Å². The van der Waals surface area contributed by atoms with Crippen LogP contribution in [0.25, 0.3) is 10.8 Å². The van der Waals surface area contributed by atoms with Crippen LogP contribution in [0.15, 0.2) is 71.7 Å². The molecule has 9 nitrogen and oxygen atoms in total. The van der Waals surface area contributed by atoms with Gasteiger partial charge in [0.05, 0.1) is 24.1 Å². The van der Waals surface area contributed by atoms with Gasteiger partial charge < -0.3 is 26.8 Å². The zero-order valence-electron chi connectivity index (χ0n) is 24.9. The average Bonchev–Trinajstić information content (AvgIpc) is 3.40. The maximum Gasteiger partial charge on any atom is 0.225 e. The number of aliphatic hydroxyl groups excluding tert-OH is 1. The normalized spacial score (nSPS) is 14.3. The second-order valence-corrected chi connectivity index (χ2v) is 11.4. The van der Waals surface area contributed by atoms with E-state index in [-0.39, 0.29) is 43.7 Å². The largest absolute Gasteiger partial charge is 0.392 e. The smallest absolute Gasteiger partial charge is 0.225 e. The van der Waals surface area contributed by atoms with Crippen molar-refractivity contribution in [1.82, 2.24) is 16.0 Å². The number of hydrogen-bond acceptors (Lipinski definition) is 6. The number of amides is 3. The summed E-state index contributed by atoms with van der Waals surface area (Å²) in [6.07, 6.45) is 2.83. The lowest BCUT2D eigenvalue weighted by Crippen LogP contribution is -2.46. The molecule has 0 aliphatic carbocycles. The number of fused-ring (bicyclic) bond motifs is 2. The second-order valence-electron chi connectivity index (χ2n) is 11.4. The second kappa shape index (κ2) is 16.0. The first-order valence-corrected chi connectivity index (χ1v) is 15.1. The molecule has 43 heavy (non-hydrogen) atoms. The molecule has 6 N–H and O–H groups in total. The molecule has 3 aromatic rings. The third-order valence-electron chi connectivity index (χ3n) is 7.62. The highest BCUT2D eigenvalue weighted by atomic mass is 16.3. The molecule has 0 aromatic heterocycles. The molecule has 0 fully saturated rings. The number of aliphatic hydroxyl groups is 1. The van der Waals surface area contributed by atoms with Crippen molar-refractivity contribution in [3.63, 3.8) is 0 Å². The molecule has 0 saturated heterocycles. The van der Waals surface area contributed by atoms with Gasteiger partial charge in [-0.05, 0) is 60.7 Å². The Kier molecular flexibility index (Phi) is 11.8. The lowest BCUT2D eigenvalue weighted by Gasteiger charge is -2.23. The van der Waals surface area contributed by atoms with Gasteiger partial charge in [-0.25, -0.2) is 0 Å². The molecular formula is C34H43N5O4. The fourth-order valence-corrected chi connectivity index (χ4v) is 5.33. The standard InChI is InChI=1S/C34H43N5O4/c1-23(40)21-36-33(42)20-29(11-6-7-15-35)39-34(43)28(19-30-18-27-10-4-5-12-31(27)38-30)22-37-32(41)17-24-13-14-25-8-2-3-9-26(25)16-24/h2-5,8-10,12-14,16,23,28-29,40H,6-7,11,15,17-22,35H2,1H3,(H,36,42)(H,37,41)(H,39,43)/t23-,28-,29+/m1/s1. The lowest BCUT2D eigenvalue weighted by atomic mass is 9.96. The summed E-state index contributed by atoms with van der Waals surface area (Å²) in [6.45, 7) is 2.43. The van der Waals surface area contributed by atoms with Crippen molar-refractivity contribution in [3.8, 4) is 0 Å². The van der Waals surface area contributed by atoms with Crippen LogP contribution in [0.5, 0.6) is 0 Å². The maximum absolute atomic E-state index is 13.7. The van der Waals surface area contributed by atoms with E-state index in [4.69, 9.17) is 10.7 Å². The number of rotatable bonds is 16. The van der Waals surface area contributed by atoms with Gasteiger partial charge in [-0.1, -0.05) is 67.1 Å². The summed E-state index contributed by atoms with van der Waals surface area (Å²) in [5.74, 6) is -1.20. The maximum atomic E-state index is 13.7. The van der Waals surface area contributed by atoms with Crippen molar-refractivity contribution < 1.29 is 19.5 Å². The number of nitrogens with zero attached hydrogens (tertiary/aromatic N) is 1. The molecule has 4 rings (SSSR count). The summed E-state index contributed by atoms with van der Waals surface area (Å²) < 4.78 is 0. The fraction of sp³-hybridized carbons (Fsp3) is 0.412. The van der Waals surface area contributed by atoms with Gasteiger partial charge >= 0.3 is 0 Å². The highest BCUT2D eigenvalue weighted by Gasteiger charge is 2.27. The van der Waals surface area contributed by atoms with Crippen LogP contribution in [-0.2, 0) is 27.2 Å². The third kappa shape index (κ3) is 10.0. The Balaban J connectivity index is 1.43. The number of nitrogens with two attached hydrogens (primary N) is 1. The van der Waals surface area contributed by atoms with Crippen molar-refractivity contribution in [2.45, 2.75) is 64.0 Å². The summed E-state index contributed by atoms with van der Waals surface area (Å²) in [6, 6.07) is 21.5. The number of carbonyl (C=O) groups is 3. The minimum Gasteiger partial charge on any atom is -0.392 e. The van der Waals surface area contributed by atoms with Crippen LogP contribution in [0.2, 0.25) is 0 Å². The number of hydrogen-bond donors (Lipinski definition) is 5.